The molecule has 1 aromatic carbocycles. The number of hydrogen-bond donors (Lipinski definition) is 2. The van der Waals surface area contributed by atoms with Gasteiger partial charge in [0.05, 0.1) is 5.60 Å². The van der Waals surface area contributed by atoms with Gasteiger partial charge in [-0.3, -0.25) is 14.5 Å². The average molecular weight is 317 g/mol. The number of rotatable bonds is 4. The average Bonchev–Trinajstić information content (AvgIpc) is 2.82. The van der Waals surface area contributed by atoms with Crippen molar-refractivity contribution in [2.24, 2.45) is 5.41 Å². The number of aliphatic hydroxyl groups is 1. The van der Waals surface area contributed by atoms with E-state index in [1.807, 2.05) is 11.9 Å². The summed E-state index contributed by atoms with van der Waals surface area (Å²) >= 11 is 0. The molecule has 124 valence electrons. The van der Waals surface area contributed by atoms with Crippen molar-refractivity contribution < 1.29 is 19.8 Å². The second-order valence-electron chi connectivity index (χ2n) is 6.81. The molecule has 0 aliphatic carbocycles. The number of hydrogen-bond acceptors (Lipinski definition) is 4. The van der Waals surface area contributed by atoms with Crippen molar-refractivity contribution in [2.45, 2.75) is 50.3 Å². The Balaban J connectivity index is 2.21. The summed E-state index contributed by atoms with van der Waals surface area (Å²) in [6.07, 6.45) is 2.01. The molecule has 2 bridgehead atoms. The first-order valence-electron chi connectivity index (χ1n) is 8.16. The van der Waals surface area contributed by atoms with E-state index in [1.54, 1.807) is 37.3 Å². The molecule has 3 rings (SSSR count). The molecular formula is C18H23NO4. The van der Waals surface area contributed by atoms with Crippen LogP contribution in [0.2, 0.25) is 0 Å². The third kappa shape index (κ3) is 2.00. The van der Waals surface area contributed by atoms with Crippen molar-refractivity contribution in [3.05, 3.63) is 35.9 Å². The van der Waals surface area contributed by atoms with Gasteiger partial charge in [-0.05, 0) is 32.7 Å². The number of carbonyl (C=O) groups excluding carboxylic acids is 1. The van der Waals surface area contributed by atoms with Crippen LogP contribution in [-0.4, -0.2) is 51.6 Å². The molecule has 4 atom stereocenters. The fraction of sp³-hybridized carbons (Fsp3) is 0.556. The first-order chi connectivity index (χ1) is 10.9. The van der Waals surface area contributed by atoms with Crippen LogP contribution in [0.3, 0.4) is 0 Å². The SMILES string of the molecule is CC[C@]1(O)C[C@@H]2CC[C@@H](N2C)[C@]1(C(=O)O)C(=O)c1ccccc1. The summed E-state index contributed by atoms with van der Waals surface area (Å²) in [5, 5.41) is 21.4. The smallest absolute Gasteiger partial charge is 0.322 e. The molecule has 2 aliphatic heterocycles. The van der Waals surface area contributed by atoms with Crippen LogP contribution in [0.5, 0.6) is 0 Å². The zero-order chi connectivity index (χ0) is 16.8. The molecule has 2 aliphatic rings. The van der Waals surface area contributed by atoms with Gasteiger partial charge in [0.2, 0.25) is 0 Å². The Bertz CT molecular complexity index is 631. The van der Waals surface area contributed by atoms with Gasteiger partial charge in [0.1, 0.15) is 0 Å². The van der Waals surface area contributed by atoms with Crippen LogP contribution in [0, 0.1) is 5.41 Å². The summed E-state index contributed by atoms with van der Waals surface area (Å²) in [6, 6.07) is 8.15. The quantitative estimate of drug-likeness (QED) is 0.655. The van der Waals surface area contributed by atoms with Gasteiger partial charge in [-0.25, -0.2) is 0 Å². The number of aliphatic carboxylic acids is 1. The van der Waals surface area contributed by atoms with Crippen molar-refractivity contribution in [1.29, 1.82) is 0 Å². The van der Waals surface area contributed by atoms with Gasteiger partial charge in [0.15, 0.2) is 11.2 Å². The molecule has 0 spiro atoms. The second kappa shape index (κ2) is 5.42. The molecular weight excluding hydrogens is 294 g/mol. The Labute approximate surface area is 135 Å². The monoisotopic (exact) mass is 317 g/mol. The number of carboxylic acid groups (broad SMARTS) is 1. The molecule has 0 saturated carbocycles. The Kier molecular flexibility index (Phi) is 3.81. The van der Waals surface area contributed by atoms with Crippen molar-refractivity contribution in [3.63, 3.8) is 0 Å². The minimum absolute atomic E-state index is 0.140. The minimum Gasteiger partial charge on any atom is -0.480 e. The lowest BCUT2D eigenvalue weighted by Crippen LogP contribution is -2.70. The Hall–Kier alpha value is -1.72. The van der Waals surface area contributed by atoms with Crippen LogP contribution in [0.1, 0.15) is 43.0 Å². The maximum Gasteiger partial charge on any atom is 0.322 e. The molecule has 0 unspecified atom stereocenters. The van der Waals surface area contributed by atoms with Crippen LogP contribution in [0.15, 0.2) is 30.3 Å². The summed E-state index contributed by atoms with van der Waals surface area (Å²) in [5.41, 5.74) is -2.99. The number of carboxylic acids is 1. The fourth-order valence-electron chi connectivity index (χ4n) is 4.68. The molecule has 2 saturated heterocycles. The molecule has 0 aromatic heterocycles. The van der Waals surface area contributed by atoms with E-state index in [0.717, 1.165) is 6.42 Å². The van der Waals surface area contributed by atoms with Crippen molar-refractivity contribution in [1.82, 2.24) is 4.90 Å². The summed E-state index contributed by atoms with van der Waals surface area (Å²) in [6.45, 7) is 1.76. The minimum atomic E-state index is -1.81. The number of piperidine rings is 1. The maximum absolute atomic E-state index is 13.3. The highest BCUT2D eigenvalue weighted by Crippen LogP contribution is 2.54. The van der Waals surface area contributed by atoms with Crippen molar-refractivity contribution >= 4 is 11.8 Å². The largest absolute Gasteiger partial charge is 0.480 e. The third-order valence-electron chi connectivity index (χ3n) is 5.96. The van der Waals surface area contributed by atoms with Gasteiger partial charge in [0.25, 0.3) is 0 Å². The molecule has 0 amide bonds. The Morgan fingerprint density at radius 2 is 1.91 bits per heavy atom. The van der Waals surface area contributed by atoms with E-state index in [4.69, 9.17) is 0 Å². The molecule has 5 nitrogen and oxygen atoms in total. The third-order valence-corrected chi connectivity index (χ3v) is 5.96. The van der Waals surface area contributed by atoms with E-state index in [1.165, 1.54) is 0 Å². The normalized spacial score (nSPS) is 36.8. The van der Waals surface area contributed by atoms with Crippen LogP contribution in [0.4, 0.5) is 0 Å². The summed E-state index contributed by atoms with van der Waals surface area (Å²) in [7, 11) is 1.87. The van der Waals surface area contributed by atoms with Gasteiger partial charge in [-0.15, -0.1) is 0 Å². The Morgan fingerprint density at radius 1 is 1.26 bits per heavy atom. The predicted molar refractivity (Wildman–Crippen MR) is 85.3 cm³/mol. The lowest BCUT2D eigenvalue weighted by molar-refractivity contribution is -0.182. The predicted octanol–water partition coefficient (Wildman–Crippen LogP) is 1.95. The van der Waals surface area contributed by atoms with Crippen molar-refractivity contribution in [2.75, 3.05) is 7.05 Å². The van der Waals surface area contributed by atoms with Gasteiger partial charge in [-0.1, -0.05) is 37.3 Å². The molecule has 2 N–H and O–H groups in total. The van der Waals surface area contributed by atoms with E-state index in [0.29, 0.717) is 18.4 Å². The number of fused-ring (bicyclic) bond motifs is 2. The summed E-state index contributed by atoms with van der Waals surface area (Å²) < 4.78 is 0. The van der Waals surface area contributed by atoms with Crippen molar-refractivity contribution in [3.8, 4) is 0 Å². The topological polar surface area (TPSA) is 77.8 Å². The summed E-state index contributed by atoms with van der Waals surface area (Å²) in [5.74, 6) is -1.69. The van der Waals surface area contributed by atoms with Gasteiger partial charge in [0, 0.05) is 17.6 Å². The zero-order valence-electron chi connectivity index (χ0n) is 13.5. The second-order valence-corrected chi connectivity index (χ2v) is 6.81. The zero-order valence-corrected chi connectivity index (χ0v) is 13.5. The fourth-order valence-corrected chi connectivity index (χ4v) is 4.68. The van der Waals surface area contributed by atoms with E-state index < -0.39 is 28.8 Å². The van der Waals surface area contributed by atoms with E-state index in [-0.39, 0.29) is 12.5 Å². The summed E-state index contributed by atoms with van der Waals surface area (Å²) in [4.78, 5) is 27.7. The van der Waals surface area contributed by atoms with Gasteiger partial charge >= 0.3 is 5.97 Å². The Morgan fingerprint density at radius 3 is 2.48 bits per heavy atom. The molecule has 0 radical (unpaired) electrons. The molecule has 5 heteroatoms. The number of carbonyl (C=O) groups is 2. The van der Waals surface area contributed by atoms with Gasteiger partial charge < -0.3 is 10.2 Å². The number of benzene rings is 1. The molecule has 2 heterocycles. The first-order valence-corrected chi connectivity index (χ1v) is 8.16. The number of Topliss-reactive ketones (excluding diaryl/α,β-unsaturated/α-hetero) is 1. The number of nitrogens with zero attached hydrogens (tertiary/aromatic N) is 1. The van der Waals surface area contributed by atoms with Gasteiger partial charge in [-0.2, -0.15) is 0 Å². The van der Waals surface area contributed by atoms with Crippen LogP contribution < -0.4 is 0 Å². The van der Waals surface area contributed by atoms with Crippen LogP contribution in [0.25, 0.3) is 0 Å². The van der Waals surface area contributed by atoms with E-state index in [9.17, 15) is 19.8 Å². The van der Waals surface area contributed by atoms with Crippen LogP contribution >= 0.6 is 0 Å². The molecule has 2 fully saturated rings. The standard InChI is InChI=1S/C18H23NO4/c1-3-17(23)11-13-9-10-14(19(13)2)18(17,16(21)22)15(20)12-7-5-4-6-8-12/h4-8,13-14,23H,3,9-11H2,1-2H3,(H,21,22)/t13-,14+,17-,18+/m0/s1. The first kappa shape index (κ1) is 16.1. The molecule has 23 heavy (non-hydrogen) atoms. The lowest BCUT2D eigenvalue weighted by Gasteiger charge is -2.53. The number of ketones is 1. The highest BCUT2D eigenvalue weighted by molar-refractivity contribution is 6.14. The lowest BCUT2D eigenvalue weighted by atomic mass is 9.58. The molecule has 1 aromatic rings. The maximum atomic E-state index is 13.3. The van der Waals surface area contributed by atoms with E-state index >= 15 is 0 Å². The van der Waals surface area contributed by atoms with E-state index in [2.05, 4.69) is 0 Å². The highest BCUT2D eigenvalue weighted by atomic mass is 16.4. The highest BCUT2D eigenvalue weighted by Gasteiger charge is 2.70. The van der Waals surface area contributed by atoms with Crippen LogP contribution in [-0.2, 0) is 4.79 Å².